The zero-order chi connectivity index (χ0) is 36.4. The number of hydrogen-bond donors (Lipinski definition) is 1. The molecule has 1 aromatic heterocycles. The zero-order valence-electron chi connectivity index (χ0n) is 27.8. The van der Waals surface area contributed by atoms with E-state index in [4.69, 9.17) is 0 Å². The maximum atomic E-state index is 14.6. The number of amides is 1. The quantitative estimate of drug-likeness (QED) is 0.167. The third-order valence-corrected chi connectivity index (χ3v) is 10.0. The molecule has 2 heterocycles. The Labute approximate surface area is 287 Å². The molecule has 1 aliphatic rings. The van der Waals surface area contributed by atoms with Gasteiger partial charge in [-0.25, -0.2) is 13.4 Å². The first-order chi connectivity index (χ1) is 23.5. The average molecular weight is 721 g/mol. The van der Waals surface area contributed by atoms with Crippen molar-refractivity contribution >= 4 is 26.6 Å². The number of sulfone groups is 1. The number of hydrogen-bond acceptors (Lipinski definition) is 6. The van der Waals surface area contributed by atoms with Crippen LogP contribution in [0.3, 0.4) is 0 Å². The minimum Gasteiger partial charge on any atom is -0.337 e. The van der Waals surface area contributed by atoms with E-state index in [2.05, 4.69) is 20.1 Å². The molecule has 5 rings (SSSR count). The Morgan fingerprint density at radius 2 is 1.72 bits per heavy atom. The lowest BCUT2D eigenvalue weighted by atomic mass is 9.93. The van der Waals surface area contributed by atoms with E-state index in [0.717, 1.165) is 50.6 Å². The second-order valence-corrected chi connectivity index (χ2v) is 14.6. The number of piperidine rings is 1. The number of benzene rings is 3. The second-order valence-electron chi connectivity index (χ2n) is 12.6. The molecule has 0 aliphatic carbocycles. The molecule has 7 nitrogen and oxygen atoms in total. The fraction of sp³-hybridized carbons (Fsp3) is 0.389. The summed E-state index contributed by atoms with van der Waals surface area (Å²) in [6.07, 6.45) is -5.55. The van der Waals surface area contributed by atoms with Crippen LogP contribution in [0.1, 0.15) is 65.7 Å². The molecule has 1 fully saturated rings. The summed E-state index contributed by atoms with van der Waals surface area (Å²) in [6, 6.07) is 12.5. The highest BCUT2D eigenvalue weighted by molar-refractivity contribution is 7.90. The molecule has 268 valence electrons. The molecule has 4 aromatic rings. The van der Waals surface area contributed by atoms with Gasteiger partial charge in [-0.3, -0.25) is 14.6 Å². The summed E-state index contributed by atoms with van der Waals surface area (Å²) >= 11 is 0. The first-order valence-electron chi connectivity index (χ1n) is 16.2. The van der Waals surface area contributed by atoms with E-state index in [0.29, 0.717) is 6.54 Å². The Bertz CT molecular complexity index is 1950. The number of likely N-dealkylation sites (tertiary alicyclic amines) is 1. The van der Waals surface area contributed by atoms with Crippen LogP contribution in [0.2, 0.25) is 0 Å². The summed E-state index contributed by atoms with van der Waals surface area (Å²) in [4.78, 5) is 23.1. The fourth-order valence-corrected chi connectivity index (χ4v) is 7.22. The van der Waals surface area contributed by atoms with Crippen molar-refractivity contribution in [3.63, 3.8) is 0 Å². The topological polar surface area (TPSA) is 82.6 Å². The van der Waals surface area contributed by atoms with Crippen molar-refractivity contribution in [2.24, 2.45) is 0 Å². The number of nitrogens with zero attached hydrogens (tertiary/aromatic N) is 3. The summed E-state index contributed by atoms with van der Waals surface area (Å²) in [7, 11) is -1.92. The van der Waals surface area contributed by atoms with Gasteiger partial charge >= 0.3 is 12.4 Å². The molecule has 1 amide bonds. The number of rotatable bonds is 10. The van der Waals surface area contributed by atoms with Crippen molar-refractivity contribution in [2.45, 2.75) is 68.6 Å². The maximum absolute atomic E-state index is 14.6. The number of nitrogens with one attached hydrogen (secondary N) is 1. The van der Waals surface area contributed by atoms with E-state index in [1.165, 1.54) is 60.7 Å². The predicted octanol–water partition coefficient (Wildman–Crippen LogP) is 8.01. The first kappa shape index (κ1) is 37.3. The molecule has 50 heavy (non-hydrogen) atoms. The van der Waals surface area contributed by atoms with Crippen molar-refractivity contribution in [3.8, 4) is 11.3 Å². The molecule has 0 spiro atoms. The van der Waals surface area contributed by atoms with Crippen LogP contribution in [0.15, 0.2) is 77.7 Å². The van der Waals surface area contributed by atoms with Gasteiger partial charge in [-0.05, 0) is 81.7 Å². The van der Waals surface area contributed by atoms with Gasteiger partial charge in [-0.15, -0.1) is 0 Å². The molecule has 0 radical (unpaired) electrons. The smallest absolute Gasteiger partial charge is 0.337 e. The molecule has 0 bridgehead atoms. The van der Waals surface area contributed by atoms with Crippen molar-refractivity contribution in [1.82, 2.24) is 20.1 Å². The van der Waals surface area contributed by atoms with E-state index in [-0.39, 0.29) is 56.5 Å². The van der Waals surface area contributed by atoms with Crippen LogP contribution in [0.4, 0.5) is 26.3 Å². The molecule has 14 heteroatoms. The second kappa shape index (κ2) is 14.7. The summed E-state index contributed by atoms with van der Waals surface area (Å²) in [5, 5.41) is 2.09. The van der Waals surface area contributed by atoms with Gasteiger partial charge in [0.15, 0.2) is 15.9 Å². The first-order valence-corrected chi connectivity index (χ1v) is 18.1. The normalized spacial score (nSPS) is 16.9. The van der Waals surface area contributed by atoms with Crippen LogP contribution in [-0.4, -0.2) is 67.8 Å². The maximum Gasteiger partial charge on any atom is 0.416 e. The van der Waals surface area contributed by atoms with E-state index in [1.807, 2.05) is 14.0 Å². The van der Waals surface area contributed by atoms with Crippen molar-refractivity contribution < 1.29 is 39.6 Å². The zero-order valence-corrected chi connectivity index (χ0v) is 28.6. The highest BCUT2D eigenvalue weighted by Gasteiger charge is 2.43. The van der Waals surface area contributed by atoms with E-state index in [1.54, 1.807) is 0 Å². The number of aromatic nitrogens is 1. The summed E-state index contributed by atoms with van der Waals surface area (Å²) < 4.78 is 111. The van der Waals surface area contributed by atoms with Gasteiger partial charge in [0, 0.05) is 29.3 Å². The number of carbonyl (C=O) groups excluding carboxylic acids is 1. The predicted molar refractivity (Wildman–Crippen MR) is 179 cm³/mol. The van der Waals surface area contributed by atoms with Crippen LogP contribution in [0, 0.1) is 0 Å². The molecule has 2 atom stereocenters. The van der Waals surface area contributed by atoms with Gasteiger partial charge < -0.3 is 5.32 Å². The van der Waals surface area contributed by atoms with Crippen LogP contribution in [0.5, 0.6) is 0 Å². The summed E-state index contributed by atoms with van der Waals surface area (Å²) in [6.45, 7) is 3.24. The Balaban J connectivity index is 1.82. The van der Waals surface area contributed by atoms with Crippen molar-refractivity contribution in [1.29, 1.82) is 0 Å². The van der Waals surface area contributed by atoms with Crippen LogP contribution >= 0.6 is 0 Å². The number of carbonyl (C=O) groups is 1. The standard InChI is InChI=1S/C36H38F6N4O3S/c1-4-18-45(2)30-15-8-9-19-46(30)22-28-31(34(47)44-33(36(40,41)42)23-11-6-5-7-12-23)27-21-26(50(3,48)49)16-17-29(27)43-32(28)24-13-10-14-25(20-24)35(37,38)39/h5-7,10-14,16-17,20-21,30,33H,4,8-9,15,18-19,22H2,1-3H3,(H,44,47)/t30?,33-/m1/s1. The largest absolute Gasteiger partial charge is 0.416 e. The third-order valence-electron chi connectivity index (χ3n) is 8.94. The lowest BCUT2D eigenvalue weighted by Gasteiger charge is -2.41. The Kier molecular flexibility index (Phi) is 10.9. The third kappa shape index (κ3) is 8.30. The lowest BCUT2D eigenvalue weighted by molar-refractivity contribution is -0.155. The van der Waals surface area contributed by atoms with Crippen LogP contribution in [0.25, 0.3) is 22.2 Å². The van der Waals surface area contributed by atoms with E-state index < -0.39 is 39.7 Å². The Hall–Kier alpha value is -4.01. The van der Waals surface area contributed by atoms with Gasteiger partial charge in [0.2, 0.25) is 0 Å². The van der Waals surface area contributed by atoms with Gasteiger partial charge in [-0.2, -0.15) is 26.3 Å². The molecular formula is C36H38F6N4O3S. The van der Waals surface area contributed by atoms with Crippen molar-refractivity contribution in [3.05, 3.63) is 95.1 Å². The minimum atomic E-state index is -4.93. The summed E-state index contributed by atoms with van der Waals surface area (Å²) in [5.41, 5.74) is -1.40. The minimum absolute atomic E-state index is 0.00358. The van der Waals surface area contributed by atoms with Gasteiger partial charge in [0.25, 0.3) is 5.91 Å². The molecule has 1 unspecified atom stereocenters. The highest BCUT2D eigenvalue weighted by atomic mass is 32.2. The highest BCUT2D eigenvalue weighted by Crippen LogP contribution is 2.39. The SMILES string of the molecule is CCCN(C)C1CCCCN1Cc1c(-c2cccc(C(F)(F)F)c2)nc2ccc(S(C)(=O)=O)cc2c1C(=O)N[C@H](c1ccccc1)C(F)(F)F. The number of fused-ring (bicyclic) bond motifs is 1. The number of pyridine rings is 1. The fourth-order valence-electron chi connectivity index (χ4n) is 6.57. The van der Waals surface area contributed by atoms with E-state index in [9.17, 15) is 39.6 Å². The average Bonchev–Trinajstić information content (AvgIpc) is 3.06. The number of halogens is 6. The monoisotopic (exact) mass is 720 g/mol. The van der Waals surface area contributed by atoms with Crippen LogP contribution in [-0.2, 0) is 22.6 Å². The van der Waals surface area contributed by atoms with E-state index >= 15 is 0 Å². The van der Waals surface area contributed by atoms with Gasteiger partial charge in [0.1, 0.15) is 0 Å². The van der Waals surface area contributed by atoms with Gasteiger partial charge in [-0.1, -0.05) is 49.4 Å². The summed E-state index contributed by atoms with van der Waals surface area (Å²) in [5.74, 6) is -1.17. The molecule has 3 aromatic carbocycles. The molecule has 1 saturated heterocycles. The van der Waals surface area contributed by atoms with Crippen LogP contribution < -0.4 is 5.32 Å². The van der Waals surface area contributed by atoms with Gasteiger partial charge in [0.05, 0.1) is 33.4 Å². The Morgan fingerprint density at radius 3 is 2.36 bits per heavy atom. The molecular weight excluding hydrogens is 682 g/mol. The molecule has 1 N–H and O–H groups in total. The number of alkyl halides is 6. The van der Waals surface area contributed by atoms with Crippen molar-refractivity contribution in [2.75, 3.05) is 26.4 Å². The Morgan fingerprint density at radius 1 is 1.00 bits per heavy atom. The molecule has 1 aliphatic heterocycles. The molecule has 0 saturated carbocycles. The lowest BCUT2D eigenvalue weighted by Crippen LogP contribution is -2.49.